The number of esters is 1. The Labute approximate surface area is 163 Å². The molecule has 8 heteroatoms. The van der Waals surface area contributed by atoms with Crippen molar-refractivity contribution in [3.8, 4) is 0 Å². The first-order valence-electron chi connectivity index (χ1n) is 9.62. The van der Waals surface area contributed by atoms with Crippen LogP contribution in [-0.4, -0.2) is 48.9 Å². The maximum atomic E-state index is 12.6. The third-order valence-electron chi connectivity index (χ3n) is 5.16. The van der Waals surface area contributed by atoms with Crippen molar-refractivity contribution in [3.05, 3.63) is 16.0 Å². The van der Waals surface area contributed by atoms with Gasteiger partial charge in [0.25, 0.3) is 5.91 Å². The van der Waals surface area contributed by atoms with E-state index in [1.807, 2.05) is 4.90 Å². The SMILES string of the molecule is CCOC(=O)[C@@H]1CCCN(CC(=O)Nc2sc3c(c2C(N)=O)CCCC3)C1. The fraction of sp³-hybridized carbons (Fsp3) is 0.632. The van der Waals surface area contributed by atoms with Crippen LogP contribution in [0.4, 0.5) is 5.00 Å². The normalized spacial score (nSPS) is 20.0. The number of hydrogen-bond acceptors (Lipinski definition) is 6. The summed E-state index contributed by atoms with van der Waals surface area (Å²) in [6, 6.07) is 0. The zero-order valence-corrected chi connectivity index (χ0v) is 16.5. The molecule has 1 saturated heterocycles. The molecule has 1 aromatic heterocycles. The van der Waals surface area contributed by atoms with E-state index in [2.05, 4.69) is 5.32 Å². The number of carbonyl (C=O) groups is 3. The van der Waals surface area contributed by atoms with E-state index in [-0.39, 0.29) is 24.3 Å². The van der Waals surface area contributed by atoms with Gasteiger partial charge in [-0.25, -0.2) is 0 Å². The van der Waals surface area contributed by atoms with Crippen molar-refractivity contribution >= 4 is 34.1 Å². The van der Waals surface area contributed by atoms with E-state index in [0.717, 1.165) is 55.5 Å². The molecule has 0 saturated carbocycles. The fourth-order valence-electron chi connectivity index (χ4n) is 3.94. The van der Waals surface area contributed by atoms with Gasteiger partial charge in [0.05, 0.1) is 24.6 Å². The topological polar surface area (TPSA) is 102 Å². The number of aryl methyl sites for hydroxylation is 1. The molecule has 1 aromatic rings. The Morgan fingerprint density at radius 3 is 2.78 bits per heavy atom. The van der Waals surface area contributed by atoms with Crippen molar-refractivity contribution in [3.63, 3.8) is 0 Å². The van der Waals surface area contributed by atoms with Gasteiger partial charge in [-0.1, -0.05) is 0 Å². The molecular formula is C19H27N3O4S. The molecule has 0 aromatic carbocycles. The lowest BCUT2D eigenvalue weighted by Gasteiger charge is -2.30. The van der Waals surface area contributed by atoms with Crippen molar-refractivity contribution in [1.82, 2.24) is 4.90 Å². The molecule has 3 N–H and O–H groups in total. The summed E-state index contributed by atoms with van der Waals surface area (Å²) in [6.45, 7) is 3.65. The second kappa shape index (κ2) is 8.84. The number of nitrogens with one attached hydrogen (secondary N) is 1. The predicted molar refractivity (Wildman–Crippen MR) is 104 cm³/mol. The number of fused-ring (bicyclic) bond motifs is 1. The van der Waals surface area contributed by atoms with Crippen LogP contribution < -0.4 is 11.1 Å². The van der Waals surface area contributed by atoms with Gasteiger partial charge in [0.1, 0.15) is 5.00 Å². The first-order chi connectivity index (χ1) is 13.0. The van der Waals surface area contributed by atoms with Gasteiger partial charge in [0, 0.05) is 11.4 Å². The number of rotatable bonds is 6. The van der Waals surface area contributed by atoms with Gasteiger partial charge >= 0.3 is 5.97 Å². The molecular weight excluding hydrogens is 366 g/mol. The number of piperidine rings is 1. The van der Waals surface area contributed by atoms with Gasteiger partial charge in [-0.3, -0.25) is 19.3 Å². The molecule has 1 atom stereocenters. The number of nitrogens with zero attached hydrogens (tertiary/aromatic N) is 1. The second-order valence-electron chi connectivity index (χ2n) is 7.15. The third-order valence-corrected chi connectivity index (χ3v) is 6.37. The molecule has 0 spiro atoms. The first-order valence-corrected chi connectivity index (χ1v) is 10.4. The quantitative estimate of drug-likeness (QED) is 0.719. The molecule has 1 aliphatic heterocycles. The Hall–Kier alpha value is -1.93. The molecule has 7 nitrogen and oxygen atoms in total. The fourth-order valence-corrected chi connectivity index (χ4v) is 5.25. The van der Waals surface area contributed by atoms with Crippen LogP contribution in [0.2, 0.25) is 0 Å². The van der Waals surface area contributed by atoms with Crippen molar-refractivity contribution in [2.45, 2.75) is 45.4 Å². The minimum atomic E-state index is -0.481. The van der Waals surface area contributed by atoms with Crippen LogP contribution in [-0.2, 0) is 27.2 Å². The highest BCUT2D eigenvalue weighted by molar-refractivity contribution is 7.17. The number of thiophene rings is 1. The number of anilines is 1. The van der Waals surface area contributed by atoms with E-state index in [0.29, 0.717) is 23.7 Å². The highest BCUT2D eigenvalue weighted by atomic mass is 32.1. The van der Waals surface area contributed by atoms with Crippen molar-refractivity contribution in [2.24, 2.45) is 11.7 Å². The maximum Gasteiger partial charge on any atom is 0.310 e. The standard InChI is InChI=1S/C19H27N3O4S/c1-2-26-19(25)12-6-5-9-22(10-12)11-15(23)21-18-16(17(20)24)13-7-3-4-8-14(13)27-18/h12H,2-11H2,1H3,(H2,20,24)(H,21,23)/t12-/m1/s1. The molecule has 0 bridgehead atoms. The van der Waals surface area contributed by atoms with Crippen LogP contribution in [0.15, 0.2) is 0 Å². The number of ether oxygens (including phenoxy) is 1. The zero-order chi connectivity index (χ0) is 19.4. The zero-order valence-electron chi connectivity index (χ0n) is 15.7. The molecule has 0 radical (unpaired) electrons. The monoisotopic (exact) mass is 393 g/mol. The summed E-state index contributed by atoms with van der Waals surface area (Å²) in [5.41, 5.74) is 7.06. The average Bonchev–Trinajstić information content (AvgIpc) is 2.99. The van der Waals surface area contributed by atoms with Gasteiger partial charge in [-0.2, -0.15) is 0 Å². The lowest BCUT2D eigenvalue weighted by molar-refractivity contribution is -0.150. The van der Waals surface area contributed by atoms with E-state index in [1.54, 1.807) is 6.92 Å². The summed E-state index contributed by atoms with van der Waals surface area (Å²) in [5.74, 6) is -1.03. The Morgan fingerprint density at radius 1 is 1.26 bits per heavy atom. The molecule has 148 valence electrons. The van der Waals surface area contributed by atoms with Gasteiger partial charge in [0.2, 0.25) is 5.91 Å². The van der Waals surface area contributed by atoms with Gasteiger partial charge in [-0.05, 0) is 57.6 Å². The molecule has 3 rings (SSSR count). The highest BCUT2D eigenvalue weighted by Crippen LogP contribution is 2.37. The van der Waals surface area contributed by atoms with Crippen LogP contribution in [0.5, 0.6) is 0 Å². The van der Waals surface area contributed by atoms with Crippen LogP contribution in [0.3, 0.4) is 0 Å². The summed E-state index contributed by atoms with van der Waals surface area (Å²) in [7, 11) is 0. The summed E-state index contributed by atoms with van der Waals surface area (Å²) >= 11 is 1.47. The number of primary amides is 1. The Balaban J connectivity index is 1.63. The molecule has 2 amide bonds. The van der Waals surface area contributed by atoms with E-state index in [9.17, 15) is 14.4 Å². The lowest BCUT2D eigenvalue weighted by atomic mass is 9.95. The highest BCUT2D eigenvalue weighted by Gasteiger charge is 2.29. The maximum absolute atomic E-state index is 12.6. The summed E-state index contributed by atoms with van der Waals surface area (Å²) < 4.78 is 5.10. The minimum absolute atomic E-state index is 0.179. The number of carbonyl (C=O) groups excluding carboxylic acids is 3. The van der Waals surface area contributed by atoms with Crippen LogP contribution in [0.1, 0.15) is 53.4 Å². The summed E-state index contributed by atoms with van der Waals surface area (Å²) in [4.78, 5) is 39.6. The molecule has 2 heterocycles. The van der Waals surface area contributed by atoms with Crippen LogP contribution in [0, 0.1) is 5.92 Å². The third kappa shape index (κ3) is 4.68. The minimum Gasteiger partial charge on any atom is -0.466 e. The van der Waals surface area contributed by atoms with Crippen molar-refractivity contribution in [2.75, 3.05) is 31.6 Å². The van der Waals surface area contributed by atoms with Crippen molar-refractivity contribution < 1.29 is 19.1 Å². The summed E-state index contributed by atoms with van der Waals surface area (Å²) in [6.07, 6.45) is 5.57. The van der Waals surface area contributed by atoms with Gasteiger partial charge < -0.3 is 15.8 Å². The van der Waals surface area contributed by atoms with E-state index in [4.69, 9.17) is 10.5 Å². The first kappa shape index (κ1) is 19.8. The molecule has 1 fully saturated rings. The Kier molecular flexibility index (Phi) is 6.49. The van der Waals surface area contributed by atoms with Gasteiger partial charge in [-0.15, -0.1) is 11.3 Å². The van der Waals surface area contributed by atoms with E-state index >= 15 is 0 Å². The number of hydrogen-bond donors (Lipinski definition) is 2. The number of nitrogens with two attached hydrogens (primary N) is 1. The summed E-state index contributed by atoms with van der Waals surface area (Å²) in [5, 5.41) is 3.45. The molecule has 1 aliphatic carbocycles. The van der Waals surface area contributed by atoms with Gasteiger partial charge in [0.15, 0.2) is 0 Å². The largest absolute Gasteiger partial charge is 0.466 e. The predicted octanol–water partition coefficient (Wildman–Crippen LogP) is 1.94. The number of amides is 2. The number of likely N-dealkylation sites (tertiary alicyclic amines) is 1. The molecule has 27 heavy (non-hydrogen) atoms. The Morgan fingerprint density at radius 2 is 2.04 bits per heavy atom. The lowest BCUT2D eigenvalue weighted by Crippen LogP contribution is -2.43. The van der Waals surface area contributed by atoms with E-state index in [1.165, 1.54) is 11.3 Å². The second-order valence-corrected chi connectivity index (χ2v) is 8.26. The van der Waals surface area contributed by atoms with Crippen LogP contribution >= 0.6 is 11.3 Å². The smallest absolute Gasteiger partial charge is 0.310 e. The Bertz CT molecular complexity index is 731. The van der Waals surface area contributed by atoms with Crippen LogP contribution in [0.25, 0.3) is 0 Å². The molecule has 0 unspecified atom stereocenters. The van der Waals surface area contributed by atoms with Crippen molar-refractivity contribution in [1.29, 1.82) is 0 Å². The van der Waals surface area contributed by atoms with E-state index < -0.39 is 5.91 Å². The average molecular weight is 394 g/mol. The molecule has 2 aliphatic rings.